The average molecular weight is 248 g/mol. The fraction of sp³-hybridized carbons (Fsp3) is 0. The molecule has 0 heterocycles. The first-order chi connectivity index (χ1) is 8.40. The van der Waals surface area contributed by atoms with E-state index in [1.807, 2.05) is 0 Å². The zero-order valence-corrected chi connectivity index (χ0v) is 8.91. The maximum absolute atomic E-state index is 10.8. The van der Waals surface area contributed by atoms with Crippen molar-refractivity contribution in [3.63, 3.8) is 0 Å². The van der Waals surface area contributed by atoms with Crippen LogP contribution in [0.5, 0.6) is 11.5 Å². The van der Waals surface area contributed by atoms with Crippen molar-refractivity contribution in [1.29, 1.82) is 0 Å². The van der Waals surface area contributed by atoms with Crippen molar-refractivity contribution in [3.8, 4) is 11.5 Å². The fourth-order valence-electron chi connectivity index (χ4n) is 1.67. The van der Waals surface area contributed by atoms with Gasteiger partial charge in [0.05, 0.1) is 0 Å². The van der Waals surface area contributed by atoms with Crippen molar-refractivity contribution in [1.82, 2.24) is 0 Å². The Hall–Kier alpha value is -2.76. The van der Waals surface area contributed by atoms with Crippen molar-refractivity contribution >= 4 is 22.7 Å². The highest BCUT2D eigenvalue weighted by atomic mass is 16.4. The van der Waals surface area contributed by atoms with Crippen LogP contribution in [0.3, 0.4) is 0 Å². The minimum Gasteiger partial charge on any atom is -0.507 e. The Bertz CT molecular complexity index is 619. The Morgan fingerprint density at radius 3 is 1.39 bits per heavy atom. The minimum absolute atomic E-state index is 0.306. The number of carbonyl (C=O) groups is 2. The normalized spacial score (nSPS) is 10.4. The van der Waals surface area contributed by atoms with Crippen LogP contribution in [0.2, 0.25) is 0 Å². The Balaban J connectivity index is 2.79. The standard InChI is InChI=1S/C12H8O6/c13-9-3-6-4-10(14)8(12(17)18)2-5(6)1-7(9)11(15)16/h1-4,13-14H,(H,15,16)(H,17,18). The molecular weight excluding hydrogens is 240 g/mol. The molecule has 0 saturated heterocycles. The van der Waals surface area contributed by atoms with Crippen molar-refractivity contribution in [2.45, 2.75) is 0 Å². The van der Waals surface area contributed by atoms with Gasteiger partial charge in [-0.2, -0.15) is 0 Å². The number of rotatable bonds is 2. The van der Waals surface area contributed by atoms with E-state index in [9.17, 15) is 19.8 Å². The molecule has 0 bridgehead atoms. The van der Waals surface area contributed by atoms with Crippen LogP contribution < -0.4 is 0 Å². The molecule has 0 saturated carbocycles. The number of carboxylic acids is 2. The predicted molar refractivity (Wildman–Crippen MR) is 61.2 cm³/mol. The molecule has 0 aromatic heterocycles. The molecule has 0 fully saturated rings. The topological polar surface area (TPSA) is 115 Å². The van der Waals surface area contributed by atoms with E-state index in [4.69, 9.17) is 10.2 Å². The molecule has 2 rings (SSSR count). The number of aromatic hydroxyl groups is 2. The summed E-state index contributed by atoms with van der Waals surface area (Å²) in [5, 5.41) is 37.3. The van der Waals surface area contributed by atoms with E-state index < -0.39 is 23.4 Å². The Labute approximate surface area is 100 Å². The largest absolute Gasteiger partial charge is 0.507 e. The summed E-state index contributed by atoms with van der Waals surface area (Å²) in [6, 6.07) is 4.62. The lowest BCUT2D eigenvalue weighted by Crippen LogP contribution is -1.99. The number of fused-ring (bicyclic) bond motifs is 1. The van der Waals surface area contributed by atoms with Crippen LogP contribution in [-0.2, 0) is 0 Å². The first kappa shape index (κ1) is 11.7. The van der Waals surface area contributed by atoms with Crippen LogP contribution in [0, 0.1) is 0 Å². The summed E-state index contributed by atoms with van der Waals surface area (Å²) in [5.74, 6) is -3.53. The molecule has 2 aromatic carbocycles. The molecule has 0 unspecified atom stereocenters. The van der Waals surface area contributed by atoms with Crippen LogP contribution in [-0.4, -0.2) is 32.4 Å². The molecule has 0 spiro atoms. The molecule has 0 aliphatic heterocycles. The molecule has 92 valence electrons. The fourth-order valence-corrected chi connectivity index (χ4v) is 1.67. The van der Waals surface area contributed by atoms with Crippen LogP contribution in [0.1, 0.15) is 20.7 Å². The van der Waals surface area contributed by atoms with Gasteiger partial charge in [-0.25, -0.2) is 9.59 Å². The van der Waals surface area contributed by atoms with E-state index in [1.54, 1.807) is 0 Å². The molecular formula is C12H8O6. The van der Waals surface area contributed by atoms with Crippen LogP contribution in [0.4, 0.5) is 0 Å². The van der Waals surface area contributed by atoms with Gasteiger partial charge in [-0.3, -0.25) is 0 Å². The van der Waals surface area contributed by atoms with Gasteiger partial charge in [-0.15, -0.1) is 0 Å². The van der Waals surface area contributed by atoms with E-state index in [-0.39, 0.29) is 11.1 Å². The lowest BCUT2D eigenvalue weighted by atomic mass is 10.0. The summed E-state index contributed by atoms with van der Waals surface area (Å²) in [6.07, 6.45) is 0. The highest BCUT2D eigenvalue weighted by Gasteiger charge is 2.15. The number of aromatic carboxylic acids is 2. The maximum Gasteiger partial charge on any atom is 0.339 e. The zero-order valence-electron chi connectivity index (χ0n) is 8.91. The van der Waals surface area contributed by atoms with E-state index in [0.717, 1.165) is 24.3 Å². The van der Waals surface area contributed by atoms with E-state index >= 15 is 0 Å². The van der Waals surface area contributed by atoms with Gasteiger partial charge in [-0.1, -0.05) is 0 Å². The SMILES string of the molecule is O=C(O)c1cc2cc(C(=O)O)c(O)cc2cc1O. The zero-order chi connectivity index (χ0) is 13.4. The molecule has 6 heteroatoms. The third kappa shape index (κ3) is 1.80. The summed E-state index contributed by atoms with van der Waals surface area (Å²) in [4.78, 5) is 21.7. The number of benzene rings is 2. The smallest absolute Gasteiger partial charge is 0.339 e. The molecule has 0 radical (unpaired) electrons. The third-order valence-corrected chi connectivity index (χ3v) is 2.53. The van der Waals surface area contributed by atoms with Crippen LogP contribution in [0.25, 0.3) is 10.8 Å². The van der Waals surface area contributed by atoms with Gasteiger partial charge < -0.3 is 20.4 Å². The Morgan fingerprint density at radius 1 is 0.722 bits per heavy atom. The van der Waals surface area contributed by atoms with Gasteiger partial charge in [0, 0.05) is 0 Å². The quantitative estimate of drug-likeness (QED) is 0.642. The second-order valence-electron chi connectivity index (χ2n) is 3.70. The minimum atomic E-state index is -1.32. The number of hydrogen-bond acceptors (Lipinski definition) is 4. The number of carboxylic acid groups (broad SMARTS) is 2. The molecule has 2 aromatic rings. The highest BCUT2D eigenvalue weighted by Crippen LogP contribution is 2.30. The summed E-state index contributed by atoms with van der Waals surface area (Å²) >= 11 is 0. The Morgan fingerprint density at radius 2 is 1.06 bits per heavy atom. The molecule has 18 heavy (non-hydrogen) atoms. The van der Waals surface area contributed by atoms with Gasteiger partial charge in [0.25, 0.3) is 0 Å². The first-order valence-electron chi connectivity index (χ1n) is 4.86. The molecule has 4 N–H and O–H groups in total. The lowest BCUT2D eigenvalue weighted by Gasteiger charge is -2.06. The molecule has 0 amide bonds. The third-order valence-electron chi connectivity index (χ3n) is 2.53. The van der Waals surface area contributed by atoms with Gasteiger partial charge >= 0.3 is 11.9 Å². The van der Waals surface area contributed by atoms with Crippen molar-refractivity contribution in [3.05, 3.63) is 35.4 Å². The van der Waals surface area contributed by atoms with Crippen molar-refractivity contribution in [2.75, 3.05) is 0 Å². The van der Waals surface area contributed by atoms with Crippen molar-refractivity contribution in [2.24, 2.45) is 0 Å². The van der Waals surface area contributed by atoms with Gasteiger partial charge in [0.2, 0.25) is 0 Å². The molecule has 6 nitrogen and oxygen atoms in total. The van der Waals surface area contributed by atoms with Gasteiger partial charge in [0.1, 0.15) is 22.6 Å². The van der Waals surface area contributed by atoms with E-state index in [0.29, 0.717) is 10.8 Å². The first-order valence-corrected chi connectivity index (χ1v) is 4.86. The summed E-state index contributed by atoms with van der Waals surface area (Å²) in [7, 11) is 0. The Kier molecular flexibility index (Phi) is 2.55. The van der Waals surface area contributed by atoms with Crippen LogP contribution in [0.15, 0.2) is 24.3 Å². The van der Waals surface area contributed by atoms with Gasteiger partial charge in [0.15, 0.2) is 0 Å². The second-order valence-corrected chi connectivity index (χ2v) is 3.70. The average Bonchev–Trinajstić information content (AvgIpc) is 2.26. The summed E-state index contributed by atoms with van der Waals surface area (Å²) < 4.78 is 0. The molecule has 0 atom stereocenters. The van der Waals surface area contributed by atoms with E-state index in [2.05, 4.69) is 0 Å². The molecule has 0 aliphatic rings. The van der Waals surface area contributed by atoms with Crippen molar-refractivity contribution < 1.29 is 30.0 Å². The second kappa shape index (κ2) is 3.92. The number of phenols is 2. The number of hydrogen-bond donors (Lipinski definition) is 4. The van der Waals surface area contributed by atoms with E-state index in [1.165, 1.54) is 0 Å². The van der Waals surface area contributed by atoms with Crippen LogP contribution >= 0.6 is 0 Å². The highest BCUT2D eigenvalue weighted by molar-refractivity contribution is 6.01. The lowest BCUT2D eigenvalue weighted by molar-refractivity contribution is 0.0683. The summed E-state index contributed by atoms with van der Waals surface area (Å²) in [6.45, 7) is 0. The monoisotopic (exact) mass is 248 g/mol. The van der Waals surface area contributed by atoms with Gasteiger partial charge in [-0.05, 0) is 35.0 Å². The summed E-state index contributed by atoms with van der Waals surface area (Å²) in [5.41, 5.74) is -0.658. The maximum atomic E-state index is 10.8. The molecule has 0 aliphatic carbocycles. The predicted octanol–water partition coefficient (Wildman–Crippen LogP) is 1.65.